The van der Waals surface area contributed by atoms with Gasteiger partial charge in [0.2, 0.25) is 5.95 Å². The van der Waals surface area contributed by atoms with E-state index in [1.165, 1.54) is 5.56 Å². The van der Waals surface area contributed by atoms with E-state index in [2.05, 4.69) is 47.9 Å². The maximum Gasteiger partial charge on any atom is 0.209 e. The molecule has 0 radical (unpaired) electrons. The monoisotopic (exact) mass is 352 g/mol. The van der Waals surface area contributed by atoms with Crippen LogP contribution in [0.1, 0.15) is 5.56 Å². The molecule has 4 rings (SSSR count). The standard InChI is InChI=1S/C17H13BrN4/c18-14-11-22-10-12-6-4-5-9-15(12)20-17(22)21-16(14)19-13-7-2-1-3-8-13/h1-9,11H,10H2,(H,19,20,21). The van der Waals surface area contributed by atoms with Gasteiger partial charge in [0, 0.05) is 11.9 Å². The van der Waals surface area contributed by atoms with Crippen LogP contribution in [0.5, 0.6) is 0 Å². The number of nitrogens with zero attached hydrogens (tertiary/aromatic N) is 3. The number of rotatable bonds is 1. The Morgan fingerprint density at radius 2 is 1.82 bits per heavy atom. The van der Waals surface area contributed by atoms with Crippen molar-refractivity contribution >= 4 is 33.3 Å². The molecule has 1 aromatic heterocycles. The molecule has 108 valence electrons. The second kappa shape index (κ2) is 5.42. The largest absolute Gasteiger partial charge is 0.325 e. The smallest absolute Gasteiger partial charge is 0.209 e. The van der Waals surface area contributed by atoms with Crippen LogP contribution in [-0.4, -0.2) is 9.55 Å². The van der Waals surface area contributed by atoms with Crippen molar-refractivity contribution in [3.8, 4) is 0 Å². The highest BCUT2D eigenvalue weighted by molar-refractivity contribution is 9.10. The Kier molecular flexibility index (Phi) is 3.27. The van der Waals surface area contributed by atoms with Gasteiger partial charge in [-0.1, -0.05) is 36.4 Å². The van der Waals surface area contributed by atoms with E-state index in [4.69, 9.17) is 0 Å². The molecule has 0 spiro atoms. The summed E-state index contributed by atoms with van der Waals surface area (Å²) in [6.07, 6.45) is 2.02. The maximum absolute atomic E-state index is 4.65. The van der Waals surface area contributed by atoms with Crippen LogP contribution in [0.15, 0.2) is 70.3 Å². The molecule has 2 aromatic carbocycles. The topological polar surface area (TPSA) is 42.2 Å². The highest BCUT2D eigenvalue weighted by Crippen LogP contribution is 2.26. The third kappa shape index (κ3) is 2.44. The van der Waals surface area contributed by atoms with Crippen molar-refractivity contribution < 1.29 is 0 Å². The van der Waals surface area contributed by atoms with Crippen molar-refractivity contribution in [2.45, 2.75) is 6.54 Å². The molecule has 0 fully saturated rings. The van der Waals surface area contributed by atoms with E-state index >= 15 is 0 Å². The lowest BCUT2D eigenvalue weighted by Gasteiger charge is -2.22. The van der Waals surface area contributed by atoms with Crippen LogP contribution in [0, 0.1) is 0 Å². The van der Waals surface area contributed by atoms with Gasteiger partial charge >= 0.3 is 0 Å². The lowest BCUT2D eigenvalue weighted by atomic mass is 10.1. The lowest BCUT2D eigenvalue weighted by Crippen LogP contribution is -2.22. The maximum atomic E-state index is 4.65. The highest BCUT2D eigenvalue weighted by Gasteiger charge is 2.14. The number of fused-ring (bicyclic) bond motifs is 2. The van der Waals surface area contributed by atoms with Gasteiger partial charge < -0.3 is 9.88 Å². The molecule has 0 atom stereocenters. The first-order chi connectivity index (χ1) is 10.8. The van der Waals surface area contributed by atoms with E-state index in [-0.39, 0.29) is 0 Å². The number of aromatic nitrogens is 2. The van der Waals surface area contributed by atoms with E-state index in [0.29, 0.717) is 5.49 Å². The molecule has 3 aromatic rings. The van der Waals surface area contributed by atoms with Gasteiger partial charge in [0.05, 0.1) is 16.7 Å². The first kappa shape index (κ1) is 13.3. The normalized spacial score (nSPS) is 13.2. The predicted octanol–water partition coefficient (Wildman–Crippen LogP) is 3.98. The van der Waals surface area contributed by atoms with Gasteiger partial charge in [-0.15, -0.1) is 0 Å². The van der Waals surface area contributed by atoms with Gasteiger partial charge in [0.1, 0.15) is 0 Å². The Balaban J connectivity index is 1.81. The van der Waals surface area contributed by atoms with Crippen LogP contribution >= 0.6 is 15.9 Å². The Morgan fingerprint density at radius 1 is 1.05 bits per heavy atom. The molecule has 1 aliphatic heterocycles. The predicted molar refractivity (Wildman–Crippen MR) is 90.4 cm³/mol. The second-order valence-electron chi connectivity index (χ2n) is 5.09. The zero-order chi connectivity index (χ0) is 14.9. The minimum absolute atomic E-state index is 0.671. The zero-order valence-electron chi connectivity index (χ0n) is 11.7. The van der Waals surface area contributed by atoms with Gasteiger partial charge in [0.15, 0.2) is 5.49 Å². The summed E-state index contributed by atoms with van der Waals surface area (Å²) in [6, 6.07) is 18.1. The molecule has 5 heteroatoms. The van der Waals surface area contributed by atoms with Gasteiger partial charge in [0.25, 0.3) is 0 Å². The fourth-order valence-electron chi connectivity index (χ4n) is 2.48. The van der Waals surface area contributed by atoms with E-state index in [1.54, 1.807) is 0 Å². The third-order valence-corrected chi connectivity index (χ3v) is 4.12. The third-order valence-electron chi connectivity index (χ3n) is 3.56. The Labute approximate surface area is 136 Å². The first-order valence-corrected chi connectivity index (χ1v) is 7.80. The molecule has 1 N–H and O–H groups in total. The van der Waals surface area contributed by atoms with Gasteiger partial charge in [-0.05, 0) is 39.7 Å². The molecule has 4 nitrogen and oxygen atoms in total. The fraction of sp³-hybridized carbons (Fsp3) is 0.0588. The second-order valence-corrected chi connectivity index (χ2v) is 5.95. The van der Waals surface area contributed by atoms with Crippen LogP contribution < -0.4 is 10.8 Å². The summed E-state index contributed by atoms with van der Waals surface area (Å²) < 4.78 is 2.96. The molecule has 22 heavy (non-hydrogen) atoms. The van der Waals surface area contributed by atoms with Gasteiger partial charge in [-0.2, -0.15) is 4.98 Å². The minimum Gasteiger partial charge on any atom is -0.325 e. The molecular weight excluding hydrogens is 340 g/mol. The van der Waals surface area contributed by atoms with Crippen LogP contribution in [0.2, 0.25) is 0 Å². The summed E-state index contributed by atoms with van der Waals surface area (Å²) in [5, 5.41) is 3.36. The number of para-hydroxylation sites is 2. The van der Waals surface area contributed by atoms with Crippen LogP contribution in [-0.2, 0) is 6.54 Å². The number of nitrogens with one attached hydrogen (secondary N) is 1. The van der Waals surface area contributed by atoms with E-state index in [0.717, 1.165) is 28.3 Å². The average Bonchev–Trinajstić information content (AvgIpc) is 2.55. The van der Waals surface area contributed by atoms with E-state index in [1.807, 2.05) is 48.7 Å². The number of hydrogen-bond donors (Lipinski definition) is 1. The van der Waals surface area contributed by atoms with Gasteiger partial charge in [-0.25, -0.2) is 4.99 Å². The summed E-state index contributed by atoms with van der Waals surface area (Å²) in [4.78, 5) is 9.24. The van der Waals surface area contributed by atoms with Crippen LogP contribution in [0.25, 0.3) is 0 Å². The molecule has 0 aliphatic carbocycles. The number of anilines is 2. The number of halogens is 1. The molecule has 0 unspecified atom stereocenters. The van der Waals surface area contributed by atoms with Crippen molar-refractivity contribution in [1.29, 1.82) is 0 Å². The van der Waals surface area contributed by atoms with Crippen molar-refractivity contribution in [3.63, 3.8) is 0 Å². The summed E-state index contributed by atoms with van der Waals surface area (Å²) in [6.45, 7) is 0.801. The van der Waals surface area contributed by atoms with Crippen molar-refractivity contribution in [2.24, 2.45) is 4.99 Å². The van der Waals surface area contributed by atoms with Gasteiger partial charge in [-0.3, -0.25) is 0 Å². The summed E-state index contributed by atoms with van der Waals surface area (Å²) in [7, 11) is 0. The minimum atomic E-state index is 0.671. The van der Waals surface area contributed by atoms with Crippen molar-refractivity contribution in [1.82, 2.24) is 9.55 Å². The Morgan fingerprint density at radius 3 is 2.68 bits per heavy atom. The highest BCUT2D eigenvalue weighted by atomic mass is 79.9. The summed E-state index contributed by atoms with van der Waals surface area (Å²) in [5.74, 6) is 0.802. The van der Waals surface area contributed by atoms with Crippen LogP contribution in [0.4, 0.5) is 17.3 Å². The summed E-state index contributed by atoms with van der Waals surface area (Å²) in [5.41, 5.74) is 3.91. The molecule has 1 aliphatic rings. The number of benzene rings is 2. The quantitative estimate of drug-likeness (QED) is 0.562. The fourth-order valence-corrected chi connectivity index (χ4v) is 2.91. The molecule has 0 bridgehead atoms. The molecule has 0 amide bonds. The summed E-state index contributed by atoms with van der Waals surface area (Å²) >= 11 is 3.57. The van der Waals surface area contributed by atoms with Crippen molar-refractivity contribution in [2.75, 3.05) is 5.32 Å². The molecule has 2 heterocycles. The molecule has 0 saturated heterocycles. The van der Waals surface area contributed by atoms with E-state index in [9.17, 15) is 0 Å². The van der Waals surface area contributed by atoms with Crippen molar-refractivity contribution in [3.05, 3.63) is 76.3 Å². The Hall–Kier alpha value is -2.40. The first-order valence-electron chi connectivity index (χ1n) is 7.01. The van der Waals surface area contributed by atoms with E-state index < -0.39 is 0 Å². The average molecular weight is 353 g/mol. The van der Waals surface area contributed by atoms with Crippen LogP contribution in [0.3, 0.4) is 0 Å². The number of hydrogen-bond acceptors (Lipinski definition) is 3. The zero-order valence-corrected chi connectivity index (χ0v) is 13.3. The Bertz CT molecular complexity index is 900. The SMILES string of the molecule is Brc1cn2c(nc1=Nc1ccccc1)Nc1ccccc1C2. The molecular formula is C17H13BrN4. The lowest BCUT2D eigenvalue weighted by molar-refractivity contribution is 0.749. The molecule has 0 saturated carbocycles.